The summed E-state index contributed by atoms with van der Waals surface area (Å²) in [6, 6.07) is 5.60. The number of hydrogen-bond acceptors (Lipinski definition) is 4. The van der Waals surface area contributed by atoms with Crippen LogP contribution in [-0.2, 0) is 11.3 Å². The van der Waals surface area contributed by atoms with Gasteiger partial charge in [-0.3, -0.25) is 19.1 Å². The third-order valence-electron chi connectivity index (χ3n) is 6.85. The van der Waals surface area contributed by atoms with Gasteiger partial charge in [0.1, 0.15) is 17.1 Å². The Morgan fingerprint density at radius 2 is 1.85 bits per heavy atom. The number of anilines is 1. The Kier molecular flexibility index (Phi) is 6.23. The van der Waals surface area contributed by atoms with E-state index < -0.39 is 17.3 Å². The van der Waals surface area contributed by atoms with Crippen LogP contribution in [0.3, 0.4) is 0 Å². The Bertz CT molecular complexity index is 1090. The number of carbonyl (C=O) groups excluding carboxylic acids is 3. The van der Waals surface area contributed by atoms with Crippen molar-refractivity contribution >= 4 is 23.4 Å². The van der Waals surface area contributed by atoms with Gasteiger partial charge in [-0.1, -0.05) is 25.7 Å². The SMILES string of the molecule is Cc1cc(F)ccc1NC(=O)c1cc2n(n1)C[C@](C)(C(=O)NC1CCCCCC1)N(C)C2=O. The van der Waals surface area contributed by atoms with Gasteiger partial charge in [0.05, 0.1) is 6.54 Å². The van der Waals surface area contributed by atoms with Crippen LogP contribution < -0.4 is 10.6 Å². The number of nitrogens with zero attached hydrogens (tertiary/aromatic N) is 3. The lowest BCUT2D eigenvalue weighted by Gasteiger charge is -2.41. The molecule has 0 spiro atoms. The van der Waals surface area contributed by atoms with Crippen LogP contribution in [0.2, 0.25) is 0 Å². The van der Waals surface area contributed by atoms with Gasteiger partial charge in [-0.2, -0.15) is 5.10 Å². The zero-order valence-corrected chi connectivity index (χ0v) is 19.3. The molecular formula is C24H30FN5O3. The number of benzene rings is 1. The van der Waals surface area contributed by atoms with Gasteiger partial charge in [-0.05, 0) is 50.5 Å². The van der Waals surface area contributed by atoms with Crippen molar-refractivity contribution in [1.29, 1.82) is 0 Å². The number of carbonyl (C=O) groups is 3. The minimum atomic E-state index is -1.12. The van der Waals surface area contributed by atoms with Crippen LogP contribution in [0.5, 0.6) is 0 Å². The van der Waals surface area contributed by atoms with Gasteiger partial charge in [-0.25, -0.2) is 4.39 Å². The summed E-state index contributed by atoms with van der Waals surface area (Å²) in [5, 5.41) is 10.2. The Balaban J connectivity index is 1.53. The van der Waals surface area contributed by atoms with Crippen molar-refractivity contribution in [2.75, 3.05) is 12.4 Å². The first-order valence-electron chi connectivity index (χ1n) is 11.4. The van der Waals surface area contributed by atoms with E-state index in [2.05, 4.69) is 15.7 Å². The molecule has 9 heteroatoms. The molecule has 0 saturated heterocycles. The van der Waals surface area contributed by atoms with Crippen molar-refractivity contribution in [3.63, 3.8) is 0 Å². The molecule has 1 aromatic carbocycles. The van der Waals surface area contributed by atoms with Crippen LogP contribution in [0.15, 0.2) is 24.3 Å². The van der Waals surface area contributed by atoms with Crippen LogP contribution in [0.25, 0.3) is 0 Å². The van der Waals surface area contributed by atoms with E-state index >= 15 is 0 Å². The summed E-state index contributed by atoms with van der Waals surface area (Å²) in [5.74, 6) is -1.48. The summed E-state index contributed by atoms with van der Waals surface area (Å²) >= 11 is 0. The molecular weight excluding hydrogens is 425 g/mol. The Labute approximate surface area is 192 Å². The standard InChI is InChI=1S/C24H30FN5O3/c1-15-12-16(25)10-11-18(15)27-21(31)19-13-20-22(32)29(3)24(2,14-30(20)28-19)23(33)26-17-8-6-4-5-7-9-17/h10-13,17H,4-9,14H2,1-3H3,(H,26,33)(H,27,31)/t24-/m1/s1. The van der Waals surface area contributed by atoms with Crippen molar-refractivity contribution in [3.8, 4) is 0 Å². The highest BCUT2D eigenvalue weighted by Crippen LogP contribution is 2.27. The normalized spacial score (nSPS) is 21.3. The molecule has 1 atom stereocenters. The fourth-order valence-electron chi connectivity index (χ4n) is 4.56. The molecule has 3 amide bonds. The van der Waals surface area contributed by atoms with E-state index in [1.54, 1.807) is 20.9 Å². The van der Waals surface area contributed by atoms with E-state index in [1.165, 1.54) is 46.7 Å². The highest BCUT2D eigenvalue weighted by Gasteiger charge is 2.46. The molecule has 1 aliphatic heterocycles. The summed E-state index contributed by atoms with van der Waals surface area (Å²) in [5.41, 5.74) is 0.223. The van der Waals surface area contributed by atoms with Gasteiger partial charge in [0.2, 0.25) is 5.91 Å². The molecule has 33 heavy (non-hydrogen) atoms. The van der Waals surface area contributed by atoms with Crippen LogP contribution >= 0.6 is 0 Å². The molecule has 4 rings (SSSR count). The lowest BCUT2D eigenvalue weighted by Crippen LogP contribution is -2.63. The fraction of sp³-hybridized carbons (Fsp3) is 0.500. The number of likely N-dealkylation sites (N-methyl/N-ethyl adjacent to an activating group) is 1. The number of rotatable bonds is 4. The van der Waals surface area contributed by atoms with E-state index in [0.29, 0.717) is 11.3 Å². The maximum Gasteiger partial charge on any atom is 0.276 e. The number of hydrogen-bond donors (Lipinski definition) is 2. The minimum Gasteiger partial charge on any atom is -0.351 e. The Hall–Kier alpha value is -3.23. The molecule has 2 aliphatic rings. The zero-order chi connectivity index (χ0) is 23.8. The van der Waals surface area contributed by atoms with E-state index in [-0.39, 0.29) is 35.8 Å². The molecule has 1 fully saturated rings. The van der Waals surface area contributed by atoms with Crippen molar-refractivity contribution in [1.82, 2.24) is 20.0 Å². The largest absolute Gasteiger partial charge is 0.351 e. The van der Waals surface area contributed by atoms with Crippen molar-refractivity contribution in [3.05, 3.63) is 47.0 Å². The molecule has 8 nitrogen and oxygen atoms in total. The lowest BCUT2D eigenvalue weighted by atomic mass is 9.95. The summed E-state index contributed by atoms with van der Waals surface area (Å²) in [6.45, 7) is 3.56. The van der Waals surface area contributed by atoms with Gasteiger partial charge in [0.15, 0.2) is 5.69 Å². The molecule has 1 aromatic heterocycles. The fourth-order valence-corrected chi connectivity index (χ4v) is 4.56. The topological polar surface area (TPSA) is 96.3 Å². The van der Waals surface area contributed by atoms with Crippen LogP contribution in [0.1, 0.15) is 72.0 Å². The van der Waals surface area contributed by atoms with Crippen molar-refractivity contribution in [2.24, 2.45) is 0 Å². The van der Waals surface area contributed by atoms with Gasteiger partial charge in [0, 0.05) is 24.8 Å². The predicted octanol–water partition coefficient (Wildman–Crippen LogP) is 3.27. The average molecular weight is 456 g/mol. The monoisotopic (exact) mass is 455 g/mol. The molecule has 0 unspecified atom stereocenters. The van der Waals surface area contributed by atoms with E-state index in [1.807, 2.05) is 0 Å². The third kappa shape index (κ3) is 4.49. The van der Waals surface area contributed by atoms with Crippen LogP contribution in [0, 0.1) is 12.7 Å². The average Bonchev–Trinajstić information content (AvgIpc) is 3.02. The molecule has 0 radical (unpaired) electrons. The summed E-state index contributed by atoms with van der Waals surface area (Å²) in [4.78, 5) is 40.5. The molecule has 0 bridgehead atoms. The molecule has 1 saturated carbocycles. The number of aromatic nitrogens is 2. The van der Waals surface area contributed by atoms with E-state index in [4.69, 9.17) is 0 Å². The van der Waals surface area contributed by atoms with Crippen molar-refractivity contribution < 1.29 is 18.8 Å². The van der Waals surface area contributed by atoms with Gasteiger partial charge < -0.3 is 15.5 Å². The number of aryl methyl sites for hydroxylation is 1. The number of fused-ring (bicyclic) bond motifs is 1. The number of nitrogens with one attached hydrogen (secondary N) is 2. The maximum atomic E-state index is 13.3. The quantitative estimate of drug-likeness (QED) is 0.692. The van der Waals surface area contributed by atoms with E-state index in [9.17, 15) is 18.8 Å². The first-order chi connectivity index (χ1) is 15.7. The Morgan fingerprint density at radius 1 is 1.15 bits per heavy atom. The second kappa shape index (κ2) is 8.96. The van der Waals surface area contributed by atoms with Crippen LogP contribution in [0.4, 0.5) is 10.1 Å². The number of halogens is 1. The molecule has 2 heterocycles. The highest BCUT2D eigenvalue weighted by molar-refractivity contribution is 6.06. The summed E-state index contributed by atoms with van der Waals surface area (Å²) < 4.78 is 14.8. The smallest absolute Gasteiger partial charge is 0.276 e. The highest BCUT2D eigenvalue weighted by atomic mass is 19.1. The predicted molar refractivity (Wildman–Crippen MR) is 121 cm³/mol. The summed E-state index contributed by atoms with van der Waals surface area (Å²) in [7, 11) is 1.60. The molecule has 1 aliphatic carbocycles. The maximum absolute atomic E-state index is 13.3. The van der Waals surface area contributed by atoms with Crippen LogP contribution in [-0.4, -0.2) is 51.0 Å². The first kappa shape index (κ1) is 22.9. The third-order valence-corrected chi connectivity index (χ3v) is 6.85. The second-order valence-electron chi connectivity index (χ2n) is 9.29. The molecule has 2 aromatic rings. The lowest BCUT2D eigenvalue weighted by molar-refractivity contribution is -0.133. The number of amides is 3. The van der Waals surface area contributed by atoms with Crippen molar-refractivity contribution in [2.45, 2.75) is 70.5 Å². The molecule has 2 N–H and O–H groups in total. The summed E-state index contributed by atoms with van der Waals surface area (Å²) in [6.07, 6.45) is 6.43. The minimum absolute atomic E-state index is 0.0592. The van der Waals surface area contributed by atoms with Gasteiger partial charge in [0.25, 0.3) is 11.8 Å². The second-order valence-corrected chi connectivity index (χ2v) is 9.29. The molecule has 176 valence electrons. The Morgan fingerprint density at radius 3 is 2.52 bits per heavy atom. The van der Waals surface area contributed by atoms with Gasteiger partial charge >= 0.3 is 0 Å². The van der Waals surface area contributed by atoms with E-state index in [0.717, 1.165) is 25.7 Å². The van der Waals surface area contributed by atoms with Gasteiger partial charge in [-0.15, -0.1) is 0 Å². The zero-order valence-electron chi connectivity index (χ0n) is 19.3. The first-order valence-corrected chi connectivity index (χ1v) is 11.4.